The number of carbonyl (C=O) groups is 2. The highest BCUT2D eigenvalue weighted by Crippen LogP contribution is 2.20. The van der Waals surface area contributed by atoms with Crippen molar-refractivity contribution in [3.63, 3.8) is 0 Å². The van der Waals surface area contributed by atoms with E-state index in [1.54, 1.807) is 60.7 Å². The number of para-hydroxylation sites is 2. The van der Waals surface area contributed by atoms with Crippen molar-refractivity contribution >= 4 is 35.3 Å². The number of halogens is 1. The second kappa shape index (κ2) is 10.2. The number of hydrogen-bond acceptors (Lipinski definition) is 4. The van der Waals surface area contributed by atoms with E-state index in [1.807, 2.05) is 19.1 Å². The lowest BCUT2D eigenvalue weighted by atomic mass is 10.1. The zero-order valence-corrected chi connectivity index (χ0v) is 17.0. The number of ether oxygens (including phenoxy) is 1. The number of aryl methyl sites for hydroxylation is 1. The van der Waals surface area contributed by atoms with Gasteiger partial charge in [-0.1, -0.05) is 53.6 Å². The van der Waals surface area contributed by atoms with Gasteiger partial charge in [-0.15, -0.1) is 0 Å². The summed E-state index contributed by atoms with van der Waals surface area (Å²) in [5, 5.41) is 7.13. The zero-order chi connectivity index (χ0) is 21.3. The molecule has 152 valence electrons. The Morgan fingerprint density at radius 1 is 1.00 bits per heavy atom. The molecule has 3 aromatic rings. The monoisotopic (exact) mass is 421 g/mol. The van der Waals surface area contributed by atoms with Crippen molar-refractivity contribution in [3.05, 3.63) is 94.5 Å². The Labute approximate surface area is 179 Å². The number of carbonyl (C=O) groups excluding carboxylic acids is 2. The van der Waals surface area contributed by atoms with Gasteiger partial charge in [0.05, 0.1) is 16.9 Å². The largest absolute Gasteiger partial charge is 0.483 e. The molecule has 2 amide bonds. The molecule has 2 N–H and O–H groups in total. The fourth-order valence-corrected chi connectivity index (χ4v) is 2.72. The molecule has 0 aromatic heterocycles. The van der Waals surface area contributed by atoms with Gasteiger partial charge in [-0.3, -0.25) is 9.59 Å². The van der Waals surface area contributed by atoms with Crippen LogP contribution in [0.25, 0.3) is 0 Å². The van der Waals surface area contributed by atoms with Crippen molar-refractivity contribution < 1.29 is 14.3 Å². The summed E-state index contributed by atoms with van der Waals surface area (Å²) in [5.41, 5.74) is 5.19. The smallest absolute Gasteiger partial charge is 0.271 e. The molecular weight excluding hydrogens is 402 g/mol. The van der Waals surface area contributed by atoms with Crippen LogP contribution in [0.5, 0.6) is 5.75 Å². The topological polar surface area (TPSA) is 79.8 Å². The van der Waals surface area contributed by atoms with Crippen molar-refractivity contribution in [2.45, 2.75) is 6.92 Å². The average molecular weight is 422 g/mol. The lowest BCUT2D eigenvalue weighted by Crippen LogP contribution is -2.21. The van der Waals surface area contributed by atoms with Crippen molar-refractivity contribution in [2.75, 3.05) is 11.9 Å². The minimum absolute atomic E-state index is 0.203. The van der Waals surface area contributed by atoms with Gasteiger partial charge >= 0.3 is 0 Å². The Kier molecular flexibility index (Phi) is 7.19. The highest BCUT2D eigenvalue weighted by Gasteiger charge is 2.08. The molecule has 0 atom stereocenters. The molecule has 0 heterocycles. The highest BCUT2D eigenvalue weighted by atomic mass is 35.5. The van der Waals surface area contributed by atoms with Gasteiger partial charge in [-0.05, 0) is 43.3 Å². The molecule has 0 saturated heterocycles. The number of benzene rings is 3. The Balaban J connectivity index is 1.58. The average Bonchev–Trinajstić information content (AvgIpc) is 2.75. The first-order valence-electron chi connectivity index (χ1n) is 9.19. The highest BCUT2D eigenvalue weighted by molar-refractivity contribution is 6.33. The molecule has 0 spiro atoms. The fourth-order valence-electron chi connectivity index (χ4n) is 2.54. The Bertz CT molecular complexity index is 1070. The summed E-state index contributed by atoms with van der Waals surface area (Å²) in [6.07, 6.45) is 1.47. The molecule has 0 bridgehead atoms. The number of nitrogens with one attached hydrogen (secondary N) is 2. The molecule has 0 radical (unpaired) electrons. The van der Waals surface area contributed by atoms with Crippen LogP contribution >= 0.6 is 11.6 Å². The molecule has 0 aliphatic rings. The van der Waals surface area contributed by atoms with Gasteiger partial charge in [0.2, 0.25) is 0 Å². The molecule has 3 aromatic carbocycles. The Morgan fingerprint density at radius 2 is 1.70 bits per heavy atom. The minimum Gasteiger partial charge on any atom is -0.483 e. The second-order valence-electron chi connectivity index (χ2n) is 6.42. The molecule has 0 aliphatic heterocycles. The van der Waals surface area contributed by atoms with E-state index in [0.29, 0.717) is 27.6 Å². The van der Waals surface area contributed by atoms with Gasteiger partial charge in [0, 0.05) is 11.1 Å². The summed E-state index contributed by atoms with van der Waals surface area (Å²) in [6.45, 7) is 1.75. The molecule has 0 fully saturated rings. The lowest BCUT2D eigenvalue weighted by molar-refractivity contribution is -0.118. The third-order valence-electron chi connectivity index (χ3n) is 4.11. The van der Waals surface area contributed by atoms with Gasteiger partial charge in [0.1, 0.15) is 5.75 Å². The number of hydrazone groups is 1. The van der Waals surface area contributed by atoms with Crippen LogP contribution in [-0.2, 0) is 4.79 Å². The van der Waals surface area contributed by atoms with Crippen molar-refractivity contribution in [3.8, 4) is 5.75 Å². The first-order chi connectivity index (χ1) is 14.5. The fraction of sp³-hybridized carbons (Fsp3) is 0.0870. The molecular formula is C23H20ClN3O3. The van der Waals surface area contributed by atoms with Gasteiger partial charge in [-0.2, -0.15) is 5.10 Å². The molecule has 3 rings (SSSR count). The van der Waals surface area contributed by atoms with E-state index < -0.39 is 0 Å². The van der Waals surface area contributed by atoms with E-state index in [2.05, 4.69) is 15.8 Å². The predicted molar refractivity (Wildman–Crippen MR) is 118 cm³/mol. The standard InChI is InChI=1S/C23H20ClN3O3/c1-16-10-12-17(13-11-16)23(29)27-25-14-18-6-2-5-9-21(18)30-15-22(28)26-20-8-4-3-7-19(20)24/h2-14H,15H2,1H3,(H,26,28)(H,27,29)/b25-14+. The first kappa shape index (κ1) is 21.1. The van der Waals surface area contributed by atoms with Gasteiger partial charge in [0.25, 0.3) is 11.8 Å². The normalized spacial score (nSPS) is 10.6. The Morgan fingerprint density at radius 3 is 2.47 bits per heavy atom. The summed E-state index contributed by atoms with van der Waals surface area (Å²) in [7, 11) is 0. The van der Waals surface area contributed by atoms with Crippen LogP contribution in [-0.4, -0.2) is 24.6 Å². The molecule has 30 heavy (non-hydrogen) atoms. The molecule has 0 aliphatic carbocycles. The summed E-state index contributed by atoms with van der Waals surface area (Å²) in [6, 6.07) is 21.2. The summed E-state index contributed by atoms with van der Waals surface area (Å²) >= 11 is 6.04. The van der Waals surface area contributed by atoms with E-state index in [0.717, 1.165) is 5.56 Å². The number of rotatable bonds is 7. The summed E-state index contributed by atoms with van der Waals surface area (Å²) < 4.78 is 5.61. The van der Waals surface area contributed by atoms with E-state index >= 15 is 0 Å². The maximum atomic E-state index is 12.1. The van der Waals surface area contributed by atoms with Gasteiger partial charge in [0.15, 0.2) is 6.61 Å². The van der Waals surface area contributed by atoms with Gasteiger partial charge < -0.3 is 10.1 Å². The minimum atomic E-state index is -0.345. The van der Waals surface area contributed by atoms with Crippen LogP contribution in [0.15, 0.2) is 77.9 Å². The van der Waals surface area contributed by atoms with E-state index in [-0.39, 0.29) is 18.4 Å². The lowest BCUT2D eigenvalue weighted by Gasteiger charge is -2.10. The van der Waals surface area contributed by atoms with Crippen LogP contribution in [0.3, 0.4) is 0 Å². The van der Waals surface area contributed by atoms with Crippen molar-refractivity contribution in [2.24, 2.45) is 5.10 Å². The van der Waals surface area contributed by atoms with Gasteiger partial charge in [-0.25, -0.2) is 5.43 Å². The maximum absolute atomic E-state index is 12.1. The third kappa shape index (κ3) is 5.93. The number of anilines is 1. The Hall–Kier alpha value is -3.64. The number of nitrogens with zero attached hydrogens (tertiary/aromatic N) is 1. The molecule has 7 heteroatoms. The van der Waals surface area contributed by atoms with Crippen LogP contribution in [0, 0.1) is 6.92 Å². The van der Waals surface area contributed by atoms with E-state index in [1.165, 1.54) is 6.21 Å². The van der Waals surface area contributed by atoms with Crippen LogP contribution in [0.4, 0.5) is 5.69 Å². The SMILES string of the molecule is Cc1ccc(C(=O)N/N=C/c2ccccc2OCC(=O)Nc2ccccc2Cl)cc1. The molecule has 0 saturated carbocycles. The van der Waals surface area contributed by atoms with Crippen molar-refractivity contribution in [1.29, 1.82) is 0 Å². The van der Waals surface area contributed by atoms with Crippen molar-refractivity contribution in [1.82, 2.24) is 5.43 Å². The summed E-state index contributed by atoms with van der Waals surface area (Å²) in [5.74, 6) is -0.202. The molecule has 0 unspecified atom stereocenters. The second-order valence-corrected chi connectivity index (χ2v) is 6.83. The van der Waals surface area contributed by atoms with E-state index in [9.17, 15) is 9.59 Å². The number of amides is 2. The molecule has 6 nitrogen and oxygen atoms in total. The van der Waals surface area contributed by atoms with Crippen LogP contribution < -0.4 is 15.5 Å². The number of hydrogen-bond donors (Lipinski definition) is 2. The predicted octanol–water partition coefficient (Wildman–Crippen LogP) is 4.43. The quantitative estimate of drug-likeness (QED) is 0.437. The first-order valence-corrected chi connectivity index (χ1v) is 9.57. The maximum Gasteiger partial charge on any atom is 0.271 e. The van der Waals surface area contributed by atoms with Crippen LogP contribution in [0.1, 0.15) is 21.5 Å². The zero-order valence-electron chi connectivity index (χ0n) is 16.3. The summed E-state index contributed by atoms with van der Waals surface area (Å²) in [4.78, 5) is 24.3. The van der Waals surface area contributed by atoms with E-state index in [4.69, 9.17) is 16.3 Å². The van der Waals surface area contributed by atoms with Crippen LogP contribution in [0.2, 0.25) is 5.02 Å². The third-order valence-corrected chi connectivity index (χ3v) is 4.44.